The smallest absolute Gasteiger partial charge is 0.313 e. The van der Waals surface area contributed by atoms with Crippen LogP contribution in [-0.4, -0.2) is 29.8 Å². The molecule has 0 aliphatic heterocycles. The summed E-state index contributed by atoms with van der Waals surface area (Å²) in [4.78, 5) is 25.9. The maximum atomic E-state index is 12.2. The number of amides is 2. The highest BCUT2D eigenvalue weighted by Crippen LogP contribution is 2.19. The molecule has 1 aromatic rings. The van der Waals surface area contributed by atoms with Crippen LogP contribution in [0.25, 0.3) is 0 Å². The number of para-hydroxylation sites is 1. The van der Waals surface area contributed by atoms with Crippen LogP contribution in [0.3, 0.4) is 0 Å². The number of hydrogen-bond donors (Lipinski definition) is 1. The van der Waals surface area contributed by atoms with E-state index in [2.05, 4.69) is 5.32 Å². The summed E-state index contributed by atoms with van der Waals surface area (Å²) >= 11 is 0. The number of carbonyl (C=O) groups excluding carboxylic acids is 2. The molecule has 0 fully saturated rings. The van der Waals surface area contributed by atoms with Crippen molar-refractivity contribution in [2.75, 3.05) is 18.4 Å². The molecule has 0 aliphatic rings. The van der Waals surface area contributed by atoms with Gasteiger partial charge in [-0.25, -0.2) is 0 Å². The Bertz CT molecular complexity index is 457. The summed E-state index contributed by atoms with van der Waals surface area (Å²) in [5, 5.41) is 2.75. The van der Waals surface area contributed by atoms with E-state index in [1.807, 2.05) is 45.9 Å². The molecule has 0 aliphatic carbocycles. The van der Waals surface area contributed by atoms with Crippen molar-refractivity contribution in [3.63, 3.8) is 0 Å². The summed E-state index contributed by atoms with van der Waals surface area (Å²) in [5.74, 6) is -0.999. The van der Waals surface area contributed by atoms with Crippen LogP contribution >= 0.6 is 0 Å². The van der Waals surface area contributed by atoms with Gasteiger partial charge < -0.3 is 10.2 Å². The zero-order chi connectivity index (χ0) is 15.1. The summed E-state index contributed by atoms with van der Waals surface area (Å²) in [6, 6.07) is 5.77. The van der Waals surface area contributed by atoms with Crippen molar-refractivity contribution in [3.8, 4) is 0 Å². The van der Waals surface area contributed by atoms with Gasteiger partial charge in [0.05, 0.1) is 0 Å². The van der Waals surface area contributed by atoms with E-state index in [4.69, 9.17) is 0 Å². The molecule has 0 aromatic heterocycles. The Balaban J connectivity index is 2.81. The second kappa shape index (κ2) is 7.68. The molecule has 20 heavy (non-hydrogen) atoms. The van der Waals surface area contributed by atoms with Crippen LogP contribution < -0.4 is 5.32 Å². The predicted molar refractivity (Wildman–Crippen MR) is 81.7 cm³/mol. The highest BCUT2D eigenvalue weighted by atomic mass is 16.2. The molecule has 110 valence electrons. The minimum Gasteiger partial charge on any atom is -0.334 e. The van der Waals surface area contributed by atoms with Gasteiger partial charge in [0.25, 0.3) is 0 Å². The van der Waals surface area contributed by atoms with Crippen LogP contribution in [0.4, 0.5) is 5.69 Å². The lowest BCUT2D eigenvalue weighted by Crippen LogP contribution is -2.40. The van der Waals surface area contributed by atoms with Crippen molar-refractivity contribution >= 4 is 17.5 Å². The molecule has 0 saturated heterocycles. The topological polar surface area (TPSA) is 49.4 Å². The van der Waals surface area contributed by atoms with Gasteiger partial charge in [-0.3, -0.25) is 9.59 Å². The molecule has 0 spiro atoms. The fourth-order valence-corrected chi connectivity index (χ4v) is 2.18. The normalized spacial score (nSPS) is 10.2. The van der Waals surface area contributed by atoms with E-state index in [1.54, 1.807) is 4.90 Å². The average Bonchev–Trinajstić information content (AvgIpc) is 2.42. The lowest BCUT2D eigenvalue weighted by atomic mass is 10.1. The van der Waals surface area contributed by atoms with E-state index in [9.17, 15) is 9.59 Å². The van der Waals surface area contributed by atoms with Crippen LogP contribution in [-0.2, 0) is 9.59 Å². The van der Waals surface area contributed by atoms with E-state index in [1.165, 1.54) is 0 Å². The molecule has 1 N–H and O–H groups in total. The Morgan fingerprint density at radius 1 is 1.05 bits per heavy atom. The summed E-state index contributed by atoms with van der Waals surface area (Å²) < 4.78 is 0. The average molecular weight is 276 g/mol. The van der Waals surface area contributed by atoms with Crippen molar-refractivity contribution in [2.45, 2.75) is 40.5 Å². The first kappa shape index (κ1) is 16.2. The van der Waals surface area contributed by atoms with Gasteiger partial charge in [0.2, 0.25) is 0 Å². The van der Waals surface area contributed by atoms with E-state index >= 15 is 0 Å². The zero-order valence-corrected chi connectivity index (χ0v) is 12.8. The van der Waals surface area contributed by atoms with Gasteiger partial charge in [-0.2, -0.15) is 0 Å². The van der Waals surface area contributed by atoms with Crippen molar-refractivity contribution in [3.05, 3.63) is 29.3 Å². The van der Waals surface area contributed by atoms with Crippen LogP contribution in [0.2, 0.25) is 0 Å². The van der Waals surface area contributed by atoms with Gasteiger partial charge in [-0.1, -0.05) is 32.0 Å². The zero-order valence-electron chi connectivity index (χ0n) is 12.8. The lowest BCUT2D eigenvalue weighted by Gasteiger charge is -2.21. The number of hydrogen-bond acceptors (Lipinski definition) is 2. The van der Waals surface area contributed by atoms with Gasteiger partial charge in [0.1, 0.15) is 0 Å². The third-order valence-corrected chi connectivity index (χ3v) is 3.19. The molecular weight excluding hydrogens is 252 g/mol. The monoisotopic (exact) mass is 276 g/mol. The van der Waals surface area contributed by atoms with Gasteiger partial charge in [-0.15, -0.1) is 0 Å². The van der Waals surface area contributed by atoms with Gasteiger partial charge in [0.15, 0.2) is 0 Å². The van der Waals surface area contributed by atoms with E-state index in [0.717, 1.165) is 29.7 Å². The van der Waals surface area contributed by atoms with Gasteiger partial charge >= 0.3 is 11.8 Å². The molecule has 0 atom stereocenters. The minimum absolute atomic E-state index is 0.448. The molecule has 0 radical (unpaired) electrons. The van der Waals surface area contributed by atoms with E-state index in [0.29, 0.717) is 13.1 Å². The second-order valence-electron chi connectivity index (χ2n) is 5.01. The largest absolute Gasteiger partial charge is 0.334 e. The Hall–Kier alpha value is -1.84. The summed E-state index contributed by atoms with van der Waals surface area (Å²) in [7, 11) is 0. The van der Waals surface area contributed by atoms with Crippen LogP contribution in [0, 0.1) is 13.8 Å². The molecule has 4 nitrogen and oxygen atoms in total. The lowest BCUT2D eigenvalue weighted by molar-refractivity contribution is -0.143. The fraction of sp³-hybridized carbons (Fsp3) is 0.500. The van der Waals surface area contributed by atoms with E-state index in [-0.39, 0.29) is 0 Å². The standard InChI is InChI=1S/C16H24N2O2/c1-5-10-18(11-6-2)16(20)15(19)17-14-12(3)8-7-9-13(14)4/h7-9H,5-6,10-11H2,1-4H3,(H,17,19). The van der Waals surface area contributed by atoms with Gasteiger partial charge in [0, 0.05) is 18.8 Å². The molecule has 4 heteroatoms. The van der Waals surface area contributed by atoms with Crippen molar-refractivity contribution in [1.82, 2.24) is 4.90 Å². The molecule has 0 unspecified atom stereocenters. The quantitative estimate of drug-likeness (QED) is 0.841. The number of benzene rings is 1. The molecule has 1 aromatic carbocycles. The molecule has 2 amide bonds. The minimum atomic E-state index is -0.552. The van der Waals surface area contributed by atoms with Gasteiger partial charge in [-0.05, 0) is 37.8 Å². The van der Waals surface area contributed by atoms with Crippen molar-refractivity contribution in [2.24, 2.45) is 0 Å². The maximum Gasteiger partial charge on any atom is 0.313 e. The molecule has 0 saturated carbocycles. The van der Waals surface area contributed by atoms with Crippen LogP contribution in [0.15, 0.2) is 18.2 Å². The van der Waals surface area contributed by atoms with Crippen LogP contribution in [0.5, 0.6) is 0 Å². The number of rotatable bonds is 5. The number of nitrogens with one attached hydrogen (secondary N) is 1. The summed E-state index contributed by atoms with van der Waals surface area (Å²) in [6.45, 7) is 9.07. The second-order valence-corrected chi connectivity index (χ2v) is 5.01. The summed E-state index contributed by atoms with van der Waals surface area (Å²) in [5.41, 5.74) is 2.66. The number of aryl methyl sites for hydroxylation is 2. The van der Waals surface area contributed by atoms with E-state index < -0.39 is 11.8 Å². The first-order valence-electron chi connectivity index (χ1n) is 7.17. The number of carbonyl (C=O) groups is 2. The maximum absolute atomic E-state index is 12.2. The fourth-order valence-electron chi connectivity index (χ4n) is 2.18. The Kier molecular flexibility index (Phi) is 6.22. The highest BCUT2D eigenvalue weighted by molar-refractivity contribution is 6.39. The van der Waals surface area contributed by atoms with Crippen molar-refractivity contribution in [1.29, 1.82) is 0 Å². The first-order valence-corrected chi connectivity index (χ1v) is 7.17. The predicted octanol–water partition coefficient (Wildman–Crippen LogP) is 2.89. The Labute approximate surface area is 121 Å². The van der Waals surface area contributed by atoms with Crippen molar-refractivity contribution < 1.29 is 9.59 Å². The molecule has 0 heterocycles. The van der Waals surface area contributed by atoms with Crippen LogP contribution in [0.1, 0.15) is 37.8 Å². The first-order chi connectivity index (χ1) is 9.51. The molecular formula is C16H24N2O2. The Morgan fingerprint density at radius 3 is 2.00 bits per heavy atom. The Morgan fingerprint density at radius 2 is 1.55 bits per heavy atom. The number of nitrogens with zero attached hydrogens (tertiary/aromatic N) is 1. The third-order valence-electron chi connectivity index (χ3n) is 3.19. The SMILES string of the molecule is CCCN(CCC)C(=O)C(=O)Nc1c(C)cccc1C. The highest BCUT2D eigenvalue weighted by Gasteiger charge is 2.21. The molecule has 0 bridgehead atoms. The number of anilines is 1. The third kappa shape index (κ3) is 4.08. The molecule has 1 rings (SSSR count). The summed E-state index contributed by atoms with van der Waals surface area (Å²) in [6.07, 6.45) is 1.70.